The van der Waals surface area contributed by atoms with Gasteiger partial charge in [0.25, 0.3) is 5.91 Å². The third-order valence-corrected chi connectivity index (χ3v) is 5.07. The maximum atomic E-state index is 12.8. The highest BCUT2D eigenvalue weighted by molar-refractivity contribution is 6.07. The van der Waals surface area contributed by atoms with Crippen LogP contribution in [0.3, 0.4) is 0 Å². The van der Waals surface area contributed by atoms with Gasteiger partial charge in [-0.05, 0) is 36.2 Å². The second-order valence-corrected chi connectivity index (χ2v) is 7.13. The Kier molecular flexibility index (Phi) is 4.50. The van der Waals surface area contributed by atoms with Crippen molar-refractivity contribution in [3.63, 3.8) is 0 Å². The molecule has 28 heavy (non-hydrogen) atoms. The van der Waals surface area contributed by atoms with Gasteiger partial charge >= 0.3 is 6.03 Å². The number of carbonyl (C=O) groups is 2. The fourth-order valence-electron chi connectivity index (χ4n) is 3.44. The van der Waals surface area contributed by atoms with Crippen LogP contribution in [0.15, 0.2) is 54.9 Å². The van der Waals surface area contributed by atoms with Crippen LogP contribution in [0.5, 0.6) is 5.75 Å². The third kappa shape index (κ3) is 3.19. The van der Waals surface area contributed by atoms with Gasteiger partial charge < -0.3 is 10.1 Å². The van der Waals surface area contributed by atoms with E-state index in [1.165, 1.54) is 4.90 Å². The molecule has 1 atom stereocenters. The molecule has 2 aromatic carbocycles. The SMILES string of the molecule is Cn1cc([C@]2(C)NC(=O)N(CCCOc3ccc4ccccc4c3)C2=O)cn1. The van der Waals surface area contributed by atoms with Crippen LogP contribution in [-0.2, 0) is 17.4 Å². The number of carbonyl (C=O) groups excluding carboxylic acids is 2. The summed E-state index contributed by atoms with van der Waals surface area (Å²) in [5, 5.41) is 9.15. The number of ether oxygens (including phenoxy) is 1. The van der Waals surface area contributed by atoms with Crippen molar-refractivity contribution < 1.29 is 14.3 Å². The molecule has 1 aliphatic rings. The number of imide groups is 1. The first-order valence-electron chi connectivity index (χ1n) is 9.22. The van der Waals surface area contributed by atoms with Gasteiger partial charge in [0, 0.05) is 25.4 Å². The number of nitrogens with zero attached hydrogens (tertiary/aromatic N) is 3. The molecule has 4 rings (SSSR count). The minimum atomic E-state index is -1.08. The van der Waals surface area contributed by atoms with Crippen LogP contribution in [0.2, 0.25) is 0 Å². The normalized spacial score (nSPS) is 19.3. The lowest BCUT2D eigenvalue weighted by molar-refractivity contribution is -0.131. The zero-order valence-electron chi connectivity index (χ0n) is 15.9. The first kappa shape index (κ1) is 18.0. The summed E-state index contributed by atoms with van der Waals surface area (Å²) < 4.78 is 7.41. The van der Waals surface area contributed by atoms with E-state index in [1.807, 2.05) is 36.4 Å². The summed E-state index contributed by atoms with van der Waals surface area (Å²) in [6.45, 7) is 2.42. The average molecular weight is 378 g/mol. The minimum Gasteiger partial charge on any atom is -0.494 e. The predicted molar refractivity (Wildman–Crippen MR) is 105 cm³/mol. The summed E-state index contributed by atoms with van der Waals surface area (Å²) in [7, 11) is 1.77. The molecule has 144 valence electrons. The number of fused-ring (bicyclic) bond motifs is 1. The topological polar surface area (TPSA) is 76.5 Å². The van der Waals surface area contributed by atoms with Crippen molar-refractivity contribution >= 4 is 22.7 Å². The molecule has 3 aromatic rings. The number of amides is 3. The Morgan fingerprint density at radius 1 is 1.14 bits per heavy atom. The average Bonchev–Trinajstić information content (AvgIpc) is 3.22. The van der Waals surface area contributed by atoms with Crippen molar-refractivity contribution in [3.8, 4) is 5.75 Å². The van der Waals surface area contributed by atoms with E-state index in [-0.39, 0.29) is 11.9 Å². The minimum absolute atomic E-state index is 0.267. The van der Waals surface area contributed by atoms with Crippen molar-refractivity contribution in [1.82, 2.24) is 20.0 Å². The maximum absolute atomic E-state index is 12.8. The smallest absolute Gasteiger partial charge is 0.325 e. The first-order valence-corrected chi connectivity index (χ1v) is 9.22. The van der Waals surface area contributed by atoms with Gasteiger partial charge in [0.1, 0.15) is 11.3 Å². The van der Waals surface area contributed by atoms with E-state index in [9.17, 15) is 9.59 Å². The lowest BCUT2D eigenvalue weighted by atomic mass is 9.95. The number of benzene rings is 2. The van der Waals surface area contributed by atoms with Gasteiger partial charge in [-0.2, -0.15) is 5.10 Å². The van der Waals surface area contributed by atoms with Gasteiger partial charge in [0.15, 0.2) is 0 Å². The summed E-state index contributed by atoms with van der Waals surface area (Å²) in [5.74, 6) is 0.507. The summed E-state index contributed by atoms with van der Waals surface area (Å²) in [4.78, 5) is 26.4. The Balaban J connectivity index is 1.35. The molecule has 0 aliphatic carbocycles. The van der Waals surface area contributed by atoms with Crippen molar-refractivity contribution in [2.45, 2.75) is 18.9 Å². The van der Waals surface area contributed by atoms with Crippen LogP contribution in [0.1, 0.15) is 18.9 Å². The van der Waals surface area contributed by atoms with E-state index in [0.29, 0.717) is 25.1 Å². The molecule has 0 radical (unpaired) electrons. The quantitative estimate of drug-likeness (QED) is 0.529. The van der Waals surface area contributed by atoms with Crippen LogP contribution < -0.4 is 10.1 Å². The molecule has 1 aliphatic heterocycles. The molecule has 2 heterocycles. The molecular weight excluding hydrogens is 356 g/mol. The maximum Gasteiger partial charge on any atom is 0.325 e. The van der Waals surface area contributed by atoms with E-state index in [1.54, 1.807) is 31.0 Å². The number of nitrogens with one attached hydrogen (secondary N) is 1. The van der Waals surface area contributed by atoms with Gasteiger partial charge in [0.2, 0.25) is 0 Å². The lowest BCUT2D eigenvalue weighted by Crippen LogP contribution is -2.40. The molecule has 7 nitrogen and oxygen atoms in total. The van der Waals surface area contributed by atoms with Gasteiger partial charge in [-0.15, -0.1) is 0 Å². The number of hydrogen-bond donors (Lipinski definition) is 1. The van der Waals surface area contributed by atoms with Crippen molar-refractivity contribution in [2.75, 3.05) is 13.2 Å². The monoisotopic (exact) mass is 378 g/mol. The van der Waals surface area contributed by atoms with Crippen molar-refractivity contribution in [2.24, 2.45) is 7.05 Å². The number of hydrogen-bond acceptors (Lipinski definition) is 4. The van der Waals surface area contributed by atoms with E-state index < -0.39 is 5.54 Å². The highest BCUT2D eigenvalue weighted by atomic mass is 16.5. The highest BCUT2D eigenvalue weighted by Crippen LogP contribution is 2.28. The fraction of sp³-hybridized carbons (Fsp3) is 0.286. The Morgan fingerprint density at radius 3 is 2.68 bits per heavy atom. The van der Waals surface area contributed by atoms with Gasteiger partial charge in [-0.3, -0.25) is 14.4 Å². The standard InChI is InChI=1S/C21H22N4O3/c1-21(17-13-22-24(2)14-17)19(26)25(20(27)23-21)10-5-11-28-18-9-8-15-6-3-4-7-16(15)12-18/h3-4,6-9,12-14H,5,10-11H2,1-2H3,(H,23,27)/t21-/m0/s1. The van der Waals surface area contributed by atoms with Crippen LogP contribution in [0.25, 0.3) is 10.8 Å². The lowest BCUT2D eigenvalue weighted by Gasteiger charge is -2.20. The van der Waals surface area contributed by atoms with Crippen molar-refractivity contribution in [3.05, 3.63) is 60.4 Å². The van der Waals surface area contributed by atoms with Crippen LogP contribution in [-0.4, -0.2) is 39.8 Å². The molecule has 0 bridgehead atoms. The Morgan fingerprint density at radius 2 is 1.93 bits per heavy atom. The van der Waals surface area contributed by atoms with Gasteiger partial charge in [0.05, 0.1) is 12.8 Å². The Labute approximate surface area is 162 Å². The second kappa shape index (κ2) is 6.99. The Hall–Kier alpha value is -3.35. The number of urea groups is 1. The molecule has 1 saturated heterocycles. The summed E-state index contributed by atoms with van der Waals surface area (Å²) in [6, 6.07) is 13.6. The van der Waals surface area contributed by atoms with Crippen LogP contribution in [0.4, 0.5) is 4.79 Å². The zero-order valence-corrected chi connectivity index (χ0v) is 15.9. The first-order chi connectivity index (χ1) is 13.5. The molecular formula is C21H22N4O3. The largest absolute Gasteiger partial charge is 0.494 e. The van der Waals surface area contributed by atoms with E-state index in [0.717, 1.165) is 16.5 Å². The molecule has 7 heteroatoms. The van der Waals surface area contributed by atoms with E-state index >= 15 is 0 Å². The zero-order chi connectivity index (χ0) is 19.7. The molecule has 0 unspecified atom stereocenters. The summed E-state index contributed by atoms with van der Waals surface area (Å²) in [6.07, 6.45) is 3.89. The number of aromatic nitrogens is 2. The molecule has 0 saturated carbocycles. The predicted octanol–water partition coefficient (Wildman–Crippen LogP) is 2.81. The second-order valence-electron chi connectivity index (χ2n) is 7.13. The van der Waals surface area contributed by atoms with Crippen LogP contribution in [0, 0.1) is 0 Å². The number of rotatable bonds is 6. The molecule has 1 aromatic heterocycles. The Bertz CT molecular complexity index is 1040. The van der Waals surface area contributed by atoms with E-state index in [2.05, 4.69) is 16.5 Å². The van der Waals surface area contributed by atoms with Crippen molar-refractivity contribution in [1.29, 1.82) is 0 Å². The highest BCUT2D eigenvalue weighted by Gasteiger charge is 2.49. The third-order valence-electron chi connectivity index (χ3n) is 5.07. The molecule has 3 amide bonds. The number of aryl methyl sites for hydroxylation is 1. The summed E-state index contributed by atoms with van der Waals surface area (Å²) >= 11 is 0. The summed E-state index contributed by atoms with van der Waals surface area (Å²) in [5.41, 5.74) is -0.409. The van der Waals surface area contributed by atoms with Gasteiger partial charge in [-0.25, -0.2) is 4.79 Å². The fourth-order valence-corrected chi connectivity index (χ4v) is 3.44. The molecule has 0 spiro atoms. The van der Waals surface area contributed by atoms with Crippen LogP contribution >= 0.6 is 0 Å². The molecule has 1 fully saturated rings. The molecule has 1 N–H and O–H groups in total. The van der Waals surface area contributed by atoms with Gasteiger partial charge in [-0.1, -0.05) is 30.3 Å². The van der Waals surface area contributed by atoms with E-state index in [4.69, 9.17) is 4.74 Å².